The Hall–Kier alpha value is -4.55. The molecule has 2 saturated carbocycles. The van der Waals surface area contributed by atoms with Gasteiger partial charge in [-0.2, -0.15) is 13.2 Å². The van der Waals surface area contributed by atoms with Gasteiger partial charge in [0.2, 0.25) is 33.3 Å². The molecule has 1 N–H and O–H groups in total. The number of halogens is 3. The van der Waals surface area contributed by atoms with Crippen LogP contribution in [0.2, 0.25) is 0 Å². The topological polar surface area (TPSA) is 193 Å². The number of pyridine rings is 1. The molecule has 61 heavy (non-hydrogen) atoms. The fraction of sp³-hybridized carbons (Fsp3) is 0.690. The highest BCUT2D eigenvalue weighted by Gasteiger charge is 2.63. The summed E-state index contributed by atoms with van der Waals surface area (Å²) in [5, 5.41) is 0. The van der Waals surface area contributed by atoms with Crippen molar-refractivity contribution in [3.63, 3.8) is 0 Å². The summed E-state index contributed by atoms with van der Waals surface area (Å²) in [5.41, 5.74) is -3.52. The van der Waals surface area contributed by atoms with Crippen molar-refractivity contribution in [3.8, 4) is 17.6 Å². The Morgan fingerprint density at radius 2 is 1.77 bits per heavy atom. The number of alkyl halides is 3. The van der Waals surface area contributed by atoms with Crippen LogP contribution < -0.4 is 18.9 Å². The van der Waals surface area contributed by atoms with Crippen LogP contribution >= 0.6 is 0 Å². The first-order valence-electron chi connectivity index (χ1n) is 20.9. The van der Waals surface area contributed by atoms with Crippen molar-refractivity contribution in [1.82, 2.24) is 24.6 Å². The van der Waals surface area contributed by atoms with Gasteiger partial charge in [-0.25, -0.2) is 23.4 Å². The maximum absolute atomic E-state index is 15.0. The van der Waals surface area contributed by atoms with E-state index in [2.05, 4.69) is 19.7 Å². The van der Waals surface area contributed by atoms with E-state index >= 15 is 4.79 Å². The molecule has 6 rings (SSSR count). The molecule has 0 radical (unpaired) electrons. The third kappa shape index (κ3) is 9.75. The summed E-state index contributed by atoms with van der Waals surface area (Å²) in [7, 11) is -2.60. The first-order chi connectivity index (χ1) is 28.6. The van der Waals surface area contributed by atoms with Gasteiger partial charge >= 0.3 is 12.1 Å². The van der Waals surface area contributed by atoms with Crippen molar-refractivity contribution >= 4 is 44.6 Å². The molecule has 1 saturated heterocycles. The van der Waals surface area contributed by atoms with Gasteiger partial charge in [-0.3, -0.25) is 23.9 Å². The average molecular weight is 880 g/mol. The van der Waals surface area contributed by atoms with E-state index in [4.69, 9.17) is 18.9 Å². The number of ketones is 1. The maximum Gasteiger partial charge on any atom is 0.427 e. The molecule has 2 aliphatic heterocycles. The van der Waals surface area contributed by atoms with Crippen LogP contribution in [-0.2, 0) is 33.9 Å². The van der Waals surface area contributed by atoms with Gasteiger partial charge in [-0.05, 0) is 84.0 Å². The van der Waals surface area contributed by atoms with Crippen molar-refractivity contribution in [2.24, 2.45) is 29.1 Å². The van der Waals surface area contributed by atoms with Crippen LogP contribution in [0.1, 0.15) is 106 Å². The van der Waals surface area contributed by atoms with E-state index in [-0.39, 0.29) is 49.6 Å². The van der Waals surface area contributed by atoms with Crippen LogP contribution in [0.3, 0.4) is 0 Å². The standard InChI is InChI=1S/C42H56F3N5O10S/c1-8-25-16-24(3)12-10-11-13-26-20-41(26,38(54)49-61(55,56)40(6)14-15-40)21-32(51)31-17-27(23-50(31)37(53)28(25)18-34(52)60-39(4,5)42(43,44)45)59-36-35(58-9-2)47-29-19-33(57-7)46-22-30(29)48-36/h11,13,19,22,24-28,31H,8-10,12,14-18,20-21,23H2,1-7H3,(H,49,54)/b13-11-/t24-,25-,26-,27-,28+,31+,41-/m1/s1. The molecule has 2 aromatic heterocycles. The molecule has 4 aliphatic rings. The average Bonchev–Trinajstić information content (AvgIpc) is 4.07. The number of nitrogens with zero attached hydrogens (tertiary/aromatic N) is 4. The number of nitrogens with one attached hydrogen (secondary N) is 1. The van der Waals surface area contributed by atoms with Crippen molar-refractivity contribution in [2.75, 3.05) is 20.3 Å². The van der Waals surface area contributed by atoms with Gasteiger partial charge in [0.25, 0.3) is 11.8 Å². The molecule has 0 spiro atoms. The number of aromatic nitrogens is 3. The third-order valence-electron chi connectivity index (χ3n) is 12.8. The van der Waals surface area contributed by atoms with Gasteiger partial charge in [0.15, 0.2) is 5.78 Å². The van der Waals surface area contributed by atoms with E-state index in [1.807, 2.05) is 26.0 Å². The molecule has 0 aromatic carbocycles. The molecule has 15 nitrogen and oxygen atoms in total. The summed E-state index contributed by atoms with van der Waals surface area (Å²) in [4.78, 5) is 71.8. The number of hydrogen-bond donors (Lipinski definition) is 1. The Balaban J connectivity index is 1.38. The number of sulfonamides is 1. The number of ether oxygens (including phenoxy) is 4. The lowest BCUT2D eigenvalue weighted by Crippen LogP contribution is -2.49. The number of allylic oxidation sites excluding steroid dienone is 2. The molecular weight excluding hydrogens is 824 g/mol. The molecule has 336 valence electrons. The highest BCUT2D eigenvalue weighted by Crippen LogP contribution is 2.58. The van der Waals surface area contributed by atoms with Gasteiger partial charge in [0, 0.05) is 18.9 Å². The van der Waals surface area contributed by atoms with E-state index < -0.39 is 98.3 Å². The van der Waals surface area contributed by atoms with Crippen molar-refractivity contribution in [3.05, 3.63) is 24.4 Å². The summed E-state index contributed by atoms with van der Waals surface area (Å²) >= 11 is 0. The number of carbonyl (C=O) groups excluding carboxylic acids is 4. The Bertz CT molecular complexity index is 2160. The van der Waals surface area contributed by atoms with Crippen LogP contribution in [-0.4, -0.2) is 101 Å². The van der Waals surface area contributed by atoms with Gasteiger partial charge in [-0.1, -0.05) is 32.4 Å². The van der Waals surface area contributed by atoms with Crippen LogP contribution in [0.4, 0.5) is 13.2 Å². The van der Waals surface area contributed by atoms with Crippen LogP contribution in [0, 0.1) is 29.1 Å². The van der Waals surface area contributed by atoms with Crippen molar-refractivity contribution < 1.29 is 59.7 Å². The minimum atomic E-state index is -4.88. The van der Waals surface area contributed by atoms with Crippen LogP contribution in [0.25, 0.3) is 11.0 Å². The van der Waals surface area contributed by atoms with Gasteiger partial charge in [0.1, 0.15) is 11.6 Å². The van der Waals surface area contributed by atoms with E-state index in [0.717, 1.165) is 13.8 Å². The number of Topliss-reactive ketones (excluding diaryl/α,β-unsaturated/α-hetero) is 1. The molecule has 4 heterocycles. The predicted molar refractivity (Wildman–Crippen MR) is 215 cm³/mol. The Morgan fingerprint density at radius 1 is 1.07 bits per heavy atom. The van der Waals surface area contributed by atoms with Gasteiger partial charge in [-0.15, -0.1) is 0 Å². The molecule has 2 aliphatic carbocycles. The molecule has 2 aromatic rings. The first-order valence-corrected chi connectivity index (χ1v) is 22.4. The Kier molecular flexibility index (Phi) is 13.0. The number of fused-ring (bicyclic) bond motifs is 3. The van der Waals surface area contributed by atoms with Crippen molar-refractivity contribution in [2.45, 2.75) is 134 Å². The number of carbonyl (C=O) groups is 4. The van der Waals surface area contributed by atoms with Gasteiger partial charge in [0.05, 0.1) is 60.5 Å². The largest absolute Gasteiger partial charge is 0.481 e. The lowest BCUT2D eigenvalue weighted by molar-refractivity contribution is -0.257. The monoisotopic (exact) mass is 879 g/mol. The third-order valence-corrected chi connectivity index (χ3v) is 15.0. The number of hydrogen-bond acceptors (Lipinski definition) is 13. The second-order valence-corrected chi connectivity index (χ2v) is 20.0. The zero-order valence-electron chi connectivity index (χ0n) is 35.7. The van der Waals surface area contributed by atoms with E-state index in [1.165, 1.54) is 18.2 Å². The summed E-state index contributed by atoms with van der Waals surface area (Å²) in [6, 6.07) is 0.331. The summed E-state index contributed by atoms with van der Waals surface area (Å²) < 4.78 is 91.7. The second-order valence-electron chi connectivity index (χ2n) is 17.8. The Labute approximate surface area is 353 Å². The predicted octanol–water partition coefficient (Wildman–Crippen LogP) is 6.04. The molecule has 3 fully saturated rings. The zero-order valence-corrected chi connectivity index (χ0v) is 36.5. The number of amides is 2. The quantitative estimate of drug-likeness (QED) is 0.192. The van der Waals surface area contributed by atoms with E-state index in [1.54, 1.807) is 19.9 Å². The fourth-order valence-corrected chi connectivity index (χ4v) is 9.73. The number of methoxy groups -OCH3 is 1. The second kappa shape index (κ2) is 17.3. The molecule has 0 unspecified atom stereocenters. The smallest absolute Gasteiger partial charge is 0.427 e. The normalized spacial score (nSPS) is 28.7. The zero-order chi connectivity index (χ0) is 44.7. The molecule has 19 heteroatoms. The summed E-state index contributed by atoms with van der Waals surface area (Å²) in [6.45, 7) is 8.56. The Morgan fingerprint density at radius 3 is 2.41 bits per heavy atom. The van der Waals surface area contributed by atoms with E-state index in [9.17, 15) is 36.0 Å². The van der Waals surface area contributed by atoms with Gasteiger partial charge < -0.3 is 23.8 Å². The van der Waals surface area contributed by atoms with Crippen LogP contribution in [0.5, 0.6) is 17.6 Å². The van der Waals surface area contributed by atoms with Crippen LogP contribution in [0.15, 0.2) is 24.4 Å². The number of esters is 1. The summed E-state index contributed by atoms with van der Waals surface area (Å²) in [5.74, 6) is -5.07. The first kappa shape index (κ1) is 46.0. The maximum atomic E-state index is 15.0. The summed E-state index contributed by atoms with van der Waals surface area (Å²) in [6.07, 6.45) is 1.25. The molecule has 2 amide bonds. The van der Waals surface area contributed by atoms with Crippen molar-refractivity contribution in [1.29, 1.82) is 0 Å². The number of rotatable bonds is 12. The fourth-order valence-electron chi connectivity index (χ4n) is 8.39. The lowest BCUT2D eigenvalue weighted by atomic mass is 9.79. The highest BCUT2D eigenvalue weighted by atomic mass is 32.2. The van der Waals surface area contributed by atoms with E-state index in [0.29, 0.717) is 49.6 Å². The minimum Gasteiger partial charge on any atom is -0.481 e. The lowest BCUT2D eigenvalue weighted by Gasteiger charge is -2.34. The highest BCUT2D eigenvalue weighted by molar-refractivity contribution is 7.91. The molecule has 7 atom stereocenters. The molecule has 0 bridgehead atoms. The molecular formula is C42H56F3N5O10S. The SMILES string of the molecule is CCOc1nc2cc(OC)ncc2nc1O[C@@H]1C[C@H]2C(=O)C[C@]3(C(=O)NS(=O)(=O)C4(C)CC4)C[C@H]3/C=C\CC[C@@H](C)C[C@@H](CC)[C@H](CC(=O)OC(C)(C)C(F)(F)F)C(=O)N2C1. The minimum absolute atomic E-state index is 0.000590.